The summed E-state index contributed by atoms with van der Waals surface area (Å²) < 4.78 is 7.67. The molecule has 6 nitrogen and oxygen atoms in total. The molecule has 0 spiro atoms. The van der Waals surface area contributed by atoms with Crippen molar-refractivity contribution in [2.45, 2.75) is 33.6 Å². The number of aryl methyl sites for hydroxylation is 1. The molecule has 6 heteroatoms. The minimum absolute atomic E-state index is 0.0838. The maximum absolute atomic E-state index is 12.2. The van der Waals surface area contributed by atoms with Gasteiger partial charge in [-0.15, -0.1) is 0 Å². The van der Waals surface area contributed by atoms with Gasteiger partial charge in [-0.25, -0.2) is 10.4 Å². The van der Waals surface area contributed by atoms with Gasteiger partial charge in [0.1, 0.15) is 5.75 Å². The number of nitrogens with zero attached hydrogens (tertiary/aromatic N) is 3. The van der Waals surface area contributed by atoms with Crippen molar-refractivity contribution >= 4 is 11.6 Å². The van der Waals surface area contributed by atoms with E-state index in [1.54, 1.807) is 12.5 Å². The molecule has 0 radical (unpaired) electrons. The summed E-state index contributed by atoms with van der Waals surface area (Å²) in [6.45, 7) is 7.97. The summed E-state index contributed by atoms with van der Waals surface area (Å²) in [4.78, 5) is 16.2. The lowest BCUT2D eigenvalue weighted by molar-refractivity contribution is -0.123. The highest BCUT2D eigenvalue weighted by Crippen LogP contribution is 2.27. The summed E-state index contributed by atoms with van der Waals surface area (Å²) in [5, 5.41) is 4.19. The SMILES string of the molecule is CC(=NNC(=O)COc1cc(C)ccc1C(C)C)c1ccc(-n2ccnc2)cc1. The molecule has 1 aromatic heterocycles. The molecule has 0 aliphatic carbocycles. The molecule has 0 saturated carbocycles. The second-order valence-corrected chi connectivity index (χ2v) is 7.23. The zero-order valence-electron chi connectivity index (χ0n) is 17.2. The van der Waals surface area contributed by atoms with E-state index in [-0.39, 0.29) is 12.5 Å². The average Bonchev–Trinajstić information content (AvgIpc) is 3.25. The van der Waals surface area contributed by atoms with E-state index >= 15 is 0 Å². The fraction of sp³-hybridized carbons (Fsp3) is 0.261. The van der Waals surface area contributed by atoms with Gasteiger partial charge in [-0.05, 0) is 54.7 Å². The minimum Gasteiger partial charge on any atom is -0.483 e. The molecule has 1 N–H and O–H groups in total. The van der Waals surface area contributed by atoms with Crippen molar-refractivity contribution < 1.29 is 9.53 Å². The van der Waals surface area contributed by atoms with E-state index in [1.807, 2.05) is 67.1 Å². The van der Waals surface area contributed by atoms with E-state index in [4.69, 9.17) is 4.74 Å². The van der Waals surface area contributed by atoms with Crippen LogP contribution in [0, 0.1) is 6.92 Å². The molecule has 2 aromatic carbocycles. The number of carbonyl (C=O) groups excluding carboxylic acids is 1. The van der Waals surface area contributed by atoms with Gasteiger partial charge in [-0.3, -0.25) is 4.79 Å². The number of hydrogen-bond acceptors (Lipinski definition) is 4. The van der Waals surface area contributed by atoms with Crippen LogP contribution in [0.2, 0.25) is 0 Å². The molecular weight excluding hydrogens is 364 g/mol. The third kappa shape index (κ3) is 5.31. The highest BCUT2D eigenvalue weighted by Gasteiger charge is 2.10. The smallest absolute Gasteiger partial charge is 0.277 e. The van der Waals surface area contributed by atoms with Crippen LogP contribution in [0.1, 0.15) is 43.4 Å². The van der Waals surface area contributed by atoms with E-state index in [1.165, 1.54) is 0 Å². The first-order valence-corrected chi connectivity index (χ1v) is 9.59. The van der Waals surface area contributed by atoms with E-state index in [9.17, 15) is 4.79 Å². The summed E-state index contributed by atoms with van der Waals surface area (Å²) in [5.74, 6) is 0.765. The van der Waals surface area contributed by atoms with Gasteiger partial charge in [0, 0.05) is 18.1 Å². The molecule has 1 heterocycles. The molecule has 0 bridgehead atoms. The van der Waals surface area contributed by atoms with Crippen LogP contribution >= 0.6 is 0 Å². The quantitative estimate of drug-likeness (QED) is 0.485. The van der Waals surface area contributed by atoms with Crippen molar-refractivity contribution in [3.05, 3.63) is 77.9 Å². The molecule has 150 valence electrons. The number of imidazole rings is 1. The summed E-state index contributed by atoms with van der Waals surface area (Å²) >= 11 is 0. The number of nitrogens with one attached hydrogen (secondary N) is 1. The van der Waals surface area contributed by atoms with Crippen molar-refractivity contribution in [2.75, 3.05) is 6.61 Å². The van der Waals surface area contributed by atoms with Gasteiger partial charge in [0.25, 0.3) is 5.91 Å². The van der Waals surface area contributed by atoms with Crippen LogP contribution in [0.15, 0.2) is 66.3 Å². The Morgan fingerprint density at radius 3 is 2.62 bits per heavy atom. The van der Waals surface area contributed by atoms with E-state index in [0.717, 1.165) is 28.1 Å². The lowest BCUT2D eigenvalue weighted by Gasteiger charge is -2.14. The van der Waals surface area contributed by atoms with Crippen LogP contribution in [0.25, 0.3) is 5.69 Å². The van der Waals surface area contributed by atoms with Crippen LogP contribution < -0.4 is 10.2 Å². The number of hydrazone groups is 1. The first-order valence-electron chi connectivity index (χ1n) is 9.59. The summed E-state index contributed by atoms with van der Waals surface area (Å²) in [7, 11) is 0. The van der Waals surface area contributed by atoms with Gasteiger partial charge in [0.2, 0.25) is 0 Å². The Balaban J connectivity index is 1.58. The molecule has 0 saturated heterocycles. The Labute approximate surface area is 171 Å². The zero-order chi connectivity index (χ0) is 20.8. The number of hydrogen-bond donors (Lipinski definition) is 1. The number of ether oxygens (including phenoxy) is 1. The minimum atomic E-state index is -0.296. The summed E-state index contributed by atoms with van der Waals surface area (Å²) in [6, 6.07) is 13.9. The predicted octanol–water partition coefficient (Wildman–Crippen LogP) is 4.22. The van der Waals surface area contributed by atoms with E-state index < -0.39 is 0 Å². The normalized spacial score (nSPS) is 11.6. The number of rotatable bonds is 7. The van der Waals surface area contributed by atoms with E-state index in [0.29, 0.717) is 11.6 Å². The molecule has 1 amide bonds. The predicted molar refractivity (Wildman–Crippen MR) is 115 cm³/mol. The third-order valence-corrected chi connectivity index (χ3v) is 4.59. The van der Waals surface area contributed by atoms with Crippen molar-refractivity contribution in [3.63, 3.8) is 0 Å². The number of aromatic nitrogens is 2. The van der Waals surface area contributed by atoms with Crippen molar-refractivity contribution in [1.29, 1.82) is 0 Å². The van der Waals surface area contributed by atoms with Crippen molar-refractivity contribution in [2.24, 2.45) is 5.10 Å². The molecule has 3 rings (SSSR count). The first-order chi connectivity index (χ1) is 13.9. The summed E-state index contributed by atoms with van der Waals surface area (Å²) in [5.41, 5.74) is 7.40. The second-order valence-electron chi connectivity index (χ2n) is 7.23. The van der Waals surface area contributed by atoms with Crippen LogP contribution in [-0.4, -0.2) is 27.8 Å². The van der Waals surface area contributed by atoms with Gasteiger partial charge in [0.05, 0.1) is 12.0 Å². The highest BCUT2D eigenvalue weighted by molar-refractivity contribution is 5.99. The molecule has 29 heavy (non-hydrogen) atoms. The fourth-order valence-electron chi connectivity index (χ4n) is 2.92. The molecule has 0 aliphatic rings. The Morgan fingerprint density at radius 1 is 1.21 bits per heavy atom. The van der Waals surface area contributed by atoms with Crippen LogP contribution in [0.5, 0.6) is 5.75 Å². The Morgan fingerprint density at radius 2 is 1.97 bits per heavy atom. The highest BCUT2D eigenvalue weighted by atomic mass is 16.5. The number of amides is 1. The average molecular weight is 390 g/mol. The van der Waals surface area contributed by atoms with Gasteiger partial charge >= 0.3 is 0 Å². The molecular formula is C23H26N4O2. The Bertz CT molecular complexity index is 990. The van der Waals surface area contributed by atoms with Gasteiger partial charge in [-0.2, -0.15) is 5.10 Å². The fourth-order valence-corrected chi connectivity index (χ4v) is 2.92. The molecule has 0 fully saturated rings. The number of carbonyl (C=O) groups is 1. The largest absolute Gasteiger partial charge is 0.483 e. The molecule has 0 unspecified atom stereocenters. The van der Waals surface area contributed by atoms with Gasteiger partial charge in [-0.1, -0.05) is 38.1 Å². The van der Waals surface area contributed by atoms with Crippen LogP contribution in [-0.2, 0) is 4.79 Å². The van der Waals surface area contributed by atoms with Crippen molar-refractivity contribution in [1.82, 2.24) is 15.0 Å². The molecule has 3 aromatic rings. The standard InChI is InChI=1S/C23H26N4O2/c1-16(2)21-10-5-17(3)13-22(21)29-14-23(28)26-25-18(4)19-6-8-20(9-7-19)27-12-11-24-15-27/h5-13,15-16H,14H2,1-4H3,(H,26,28). The van der Waals surface area contributed by atoms with Crippen LogP contribution in [0.3, 0.4) is 0 Å². The maximum Gasteiger partial charge on any atom is 0.277 e. The molecule has 0 atom stereocenters. The van der Waals surface area contributed by atoms with Crippen molar-refractivity contribution in [3.8, 4) is 11.4 Å². The summed E-state index contributed by atoms with van der Waals surface area (Å²) in [6.07, 6.45) is 5.36. The van der Waals surface area contributed by atoms with Gasteiger partial charge < -0.3 is 9.30 Å². The molecule has 0 aliphatic heterocycles. The third-order valence-electron chi connectivity index (χ3n) is 4.59. The number of benzene rings is 2. The Hall–Kier alpha value is -3.41. The first kappa shape index (κ1) is 20.3. The topological polar surface area (TPSA) is 68.5 Å². The van der Waals surface area contributed by atoms with Gasteiger partial charge in [0.15, 0.2) is 6.61 Å². The lowest BCUT2D eigenvalue weighted by atomic mass is 10.0. The second kappa shape index (κ2) is 9.19. The van der Waals surface area contributed by atoms with E-state index in [2.05, 4.69) is 29.4 Å². The van der Waals surface area contributed by atoms with Crippen LogP contribution in [0.4, 0.5) is 0 Å². The lowest BCUT2D eigenvalue weighted by Crippen LogP contribution is -2.26. The zero-order valence-corrected chi connectivity index (χ0v) is 17.2. The Kier molecular flexibility index (Phi) is 6.44. The maximum atomic E-state index is 12.2. The monoisotopic (exact) mass is 390 g/mol.